The largest absolute Gasteiger partial charge is 0.493 e. The molecule has 0 aromatic heterocycles. The molecule has 0 spiro atoms. The molecule has 1 aliphatic rings. The van der Waals surface area contributed by atoms with Gasteiger partial charge in [0, 0.05) is 40.5 Å². The number of halogens is 2. The average Bonchev–Trinajstić information content (AvgIpc) is 3.28. The summed E-state index contributed by atoms with van der Waals surface area (Å²) >= 11 is 6.60. The highest BCUT2D eigenvalue weighted by atomic mass is 35.5. The first-order valence-electron chi connectivity index (χ1n) is 18.9. The van der Waals surface area contributed by atoms with E-state index in [1.807, 2.05) is 57.2 Å². The molecule has 2 atom stereocenters. The van der Waals surface area contributed by atoms with Gasteiger partial charge in [-0.3, -0.25) is 9.59 Å². The van der Waals surface area contributed by atoms with Gasteiger partial charge in [0.25, 0.3) is 5.91 Å². The van der Waals surface area contributed by atoms with Crippen molar-refractivity contribution in [1.82, 2.24) is 10.6 Å². The van der Waals surface area contributed by atoms with Crippen molar-refractivity contribution in [3.05, 3.63) is 112 Å². The SMILES string of the molecule is COc1ccc(CCCNCCCOc2cccc(C3OC(CC(=O)NCc4ccccc4F)C(=O)N(CC(C)(C)C)c4ccc(Cl)cc43)c2OC)cc1OC. The van der Waals surface area contributed by atoms with Gasteiger partial charge in [-0.1, -0.05) is 68.8 Å². The van der Waals surface area contributed by atoms with Gasteiger partial charge in [-0.25, -0.2) is 4.39 Å². The van der Waals surface area contributed by atoms with E-state index < -0.39 is 23.9 Å². The van der Waals surface area contributed by atoms with E-state index >= 15 is 0 Å². The van der Waals surface area contributed by atoms with Gasteiger partial charge in [-0.2, -0.15) is 0 Å². The summed E-state index contributed by atoms with van der Waals surface area (Å²) in [6, 6.07) is 23.1. The number of ether oxygens (including phenoxy) is 5. The van der Waals surface area contributed by atoms with Crippen LogP contribution in [0.1, 0.15) is 68.4 Å². The first kappa shape index (κ1) is 42.3. The molecular formula is C44H53ClFN3O7. The van der Waals surface area contributed by atoms with Crippen LogP contribution in [0.4, 0.5) is 10.1 Å². The van der Waals surface area contributed by atoms with Crippen molar-refractivity contribution in [2.24, 2.45) is 5.41 Å². The number of benzene rings is 4. The summed E-state index contributed by atoms with van der Waals surface area (Å²) in [6.07, 6.45) is 0.302. The number of amides is 2. The van der Waals surface area contributed by atoms with Gasteiger partial charge in [-0.15, -0.1) is 0 Å². The quantitative estimate of drug-likeness (QED) is 0.0976. The molecule has 0 radical (unpaired) electrons. The Bertz CT molecular complexity index is 1950. The molecule has 1 heterocycles. The summed E-state index contributed by atoms with van der Waals surface area (Å²) in [7, 11) is 4.83. The van der Waals surface area contributed by atoms with Crippen LogP contribution >= 0.6 is 11.6 Å². The molecule has 0 aliphatic carbocycles. The van der Waals surface area contributed by atoms with Crippen LogP contribution < -0.4 is 34.5 Å². The minimum atomic E-state index is -1.18. The summed E-state index contributed by atoms with van der Waals surface area (Å²) in [6.45, 7) is 8.48. The maximum absolute atomic E-state index is 14.4. The van der Waals surface area contributed by atoms with Gasteiger partial charge < -0.3 is 39.2 Å². The highest BCUT2D eigenvalue weighted by molar-refractivity contribution is 6.30. The molecule has 1 aliphatic heterocycles. The van der Waals surface area contributed by atoms with Gasteiger partial charge in [0.05, 0.1) is 34.4 Å². The maximum atomic E-state index is 14.4. The molecule has 0 saturated heterocycles. The van der Waals surface area contributed by atoms with Gasteiger partial charge in [0.1, 0.15) is 18.0 Å². The molecule has 2 unspecified atom stereocenters. The van der Waals surface area contributed by atoms with Gasteiger partial charge in [0.2, 0.25) is 5.91 Å². The van der Waals surface area contributed by atoms with Crippen LogP contribution in [0, 0.1) is 11.2 Å². The summed E-state index contributed by atoms with van der Waals surface area (Å²) < 4.78 is 44.0. The van der Waals surface area contributed by atoms with Crippen molar-refractivity contribution in [2.75, 3.05) is 52.5 Å². The number of nitrogens with one attached hydrogen (secondary N) is 2. The number of rotatable bonds is 18. The second-order valence-corrected chi connectivity index (χ2v) is 15.3. The minimum absolute atomic E-state index is 0.0283. The molecule has 0 bridgehead atoms. The standard InChI is InChI=1S/C44H53ClFN3O7/c1-44(2,3)28-49-35-19-18-31(45)25-33(35)41(56-39(43(49)51)26-40(50)48-27-30-13-7-8-15-34(30)46)32-14-9-16-37(42(32)54-6)55-23-11-22-47-21-10-12-29-17-20-36(52-4)38(24-29)53-5/h7-9,13-20,24-25,39,41,47H,10-12,21-23,26-28H2,1-6H3,(H,48,50). The van der Waals surface area contributed by atoms with Gasteiger partial charge in [0.15, 0.2) is 23.0 Å². The zero-order valence-electron chi connectivity index (χ0n) is 33.1. The summed E-state index contributed by atoms with van der Waals surface area (Å²) in [5, 5.41) is 6.71. The Morgan fingerprint density at radius 2 is 1.64 bits per heavy atom. The number of hydrogen-bond donors (Lipinski definition) is 2. The fourth-order valence-corrected chi connectivity index (χ4v) is 6.87. The van der Waals surface area contributed by atoms with Crippen molar-refractivity contribution >= 4 is 29.1 Å². The van der Waals surface area contributed by atoms with E-state index in [0.717, 1.165) is 38.1 Å². The van der Waals surface area contributed by atoms with Gasteiger partial charge >= 0.3 is 0 Å². The number of fused-ring (bicyclic) bond motifs is 1. The van der Waals surface area contributed by atoms with Crippen LogP contribution in [0.5, 0.6) is 23.0 Å². The van der Waals surface area contributed by atoms with Crippen molar-refractivity contribution in [1.29, 1.82) is 0 Å². The number of anilines is 1. The molecule has 300 valence electrons. The Hall–Kier alpha value is -4.84. The van der Waals surface area contributed by atoms with Crippen molar-refractivity contribution < 1.29 is 37.7 Å². The Morgan fingerprint density at radius 1 is 0.875 bits per heavy atom. The molecule has 56 heavy (non-hydrogen) atoms. The summed E-state index contributed by atoms with van der Waals surface area (Å²) in [5.74, 6) is 1.17. The third kappa shape index (κ3) is 11.1. The second kappa shape index (κ2) is 19.8. The fourth-order valence-electron chi connectivity index (χ4n) is 6.69. The lowest BCUT2D eigenvalue weighted by Gasteiger charge is -2.31. The number of hydrogen-bond acceptors (Lipinski definition) is 8. The minimum Gasteiger partial charge on any atom is -0.493 e. The Kier molecular flexibility index (Phi) is 15.0. The van der Waals surface area contributed by atoms with E-state index in [2.05, 4.69) is 16.7 Å². The van der Waals surface area contributed by atoms with E-state index in [9.17, 15) is 14.0 Å². The fraction of sp³-hybridized carbons (Fsp3) is 0.409. The van der Waals surface area contributed by atoms with Crippen LogP contribution in [-0.4, -0.2) is 65.5 Å². The molecule has 4 aromatic rings. The second-order valence-electron chi connectivity index (χ2n) is 14.9. The monoisotopic (exact) mass is 789 g/mol. The smallest absolute Gasteiger partial charge is 0.256 e. The molecule has 4 aromatic carbocycles. The van der Waals surface area contributed by atoms with Crippen LogP contribution in [0.3, 0.4) is 0 Å². The van der Waals surface area contributed by atoms with E-state index in [1.54, 1.807) is 56.6 Å². The predicted octanol–water partition coefficient (Wildman–Crippen LogP) is 8.07. The van der Waals surface area contributed by atoms with Crippen LogP contribution in [0.25, 0.3) is 0 Å². The van der Waals surface area contributed by atoms with E-state index in [1.165, 1.54) is 11.6 Å². The van der Waals surface area contributed by atoms with E-state index in [-0.39, 0.29) is 24.3 Å². The molecule has 12 heteroatoms. The Morgan fingerprint density at radius 3 is 2.38 bits per heavy atom. The number of carbonyl (C=O) groups excluding carboxylic acids is 2. The molecule has 0 fully saturated rings. The lowest BCUT2D eigenvalue weighted by molar-refractivity contribution is -0.138. The molecular weight excluding hydrogens is 737 g/mol. The van der Waals surface area contributed by atoms with Crippen molar-refractivity contribution in [2.45, 2.75) is 65.2 Å². The van der Waals surface area contributed by atoms with Crippen LogP contribution in [-0.2, 0) is 27.3 Å². The molecule has 2 N–H and O–H groups in total. The number of aryl methyl sites for hydroxylation is 1. The third-order valence-corrected chi connectivity index (χ3v) is 9.60. The lowest BCUT2D eigenvalue weighted by Crippen LogP contribution is -2.45. The first-order valence-corrected chi connectivity index (χ1v) is 19.3. The van der Waals surface area contributed by atoms with E-state index in [0.29, 0.717) is 57.8 Å². The third-order valence-electron chi connectivity index (χ3n) is 9.36. The van der Waals surface area contributed by atoms with Crippen LogP contribution in [0.2, 0.25) is 5.02 Å². The number of nitrogens with zero attached hydrogens (tertiary/aromatic N) is 1. The van der Waals surface area contributed by atoms with Gasteiger partial charge in [-0.05, 0) is 85.8 Å². The summed E-state index contributed by atoms with van der Waals surface area (Å²) in [4.78, 5) is 29.4. The molecule has 2 amide bonds. The van der Waals surface area contributed by atoms with E-state index in [4.69, 9.17) is 35.3 Å². The highest BCUT2D eigenvalue weighted by Gasteiger charge is 2.40. The predicted molar refractivity (Wildman–Crippen MR) is 217 cm³/mol. The molecule has 5 rings (SSSR count). The average molecular weight is 790 g/mol. The Labute approximate surface area is 334 Å². The lowest BCUT2D eigenvalue weighted by atomic mass is 9.94. The first-order chi connectivity index (χ1) is 26.9. The topological polar surface area (TPSA) is 108 Å². The Balaban J connectivity index is 1.30. The zero-order valence-corrected chi connectivity index (χ0v) is 33.8. The van der Waals surface area contributed by atoms with Crippen molar-refractivity contribution in [3.63, 3.8) is 0 Å². The summed E-state index contributed by atoms with van der Waals surface area (Å²) in [5.41, 5.74) is 3.12. The molecule has 0 saturated carbocycles. The molecule has 10 nitrogen and oxygen atoms in total. The number of carbonyl (C=O) groups is 2. The number of methoxy groups -OCH3 is 3. The zero-order chi connectivity index (χ0) is 40.2. The normalized spacial score (nSPS) is 15.5. The van der Waals surface area contributed by atoms with Crippen molar-refractivity contribution in [3.8, 4) is 23.0 Å². The maximum Gasteiger partial charge on any atom is 0.256 e. The number of para-hydroxylation sites is 1. The highest BCUT2D eigenvalue weighted by Crippen LogP contribution is 2.45. The van der Waals surface area contributed by atoms with Crippen LogP contribution in [0.15, 0.2) is 78.9 Å².